The molecular formula is C12H10ClN3O3. The molecule has 1 aromatic carbocycles. The van der Waals surface area contributed by atoms with Gasteiger partial charge in [0, 0.05) is 11.2 Å². The molecule has 0 saturated heterocycles. The van der Waals surface area contributed by atoms with Crippen LogP contribution in [0.25, 0.3) is 0 Å². The van der Waals surface area contributed by atoms with Gasteiger partial charge in [-0.05, 0) is 18.2 Å². The highest BCUT2D eigenvalue weighted by atomic mass is 35.5. The van der Waals surface area contributed by atoms with Gasteiger partial charge < -0.3 is 10.1 Å². The SMILES string of the molecule is COC(=O)c1cc(Cl)ccc1NC(=O)c1cn[nH]c1. The highest BCUT2D eigenvalue weighted by Crippen LogP contribution is 2.22. The predicted octanol–water partition coefficient (Wildman–Crippen LogP) is 2.10. The number of rotatable bonds is 3. The number of aromatic nitrogens is 2. The van der Waals surface area contributed by atoms with Gasteiger partial charge in [-0.3, -0.25) is 9.89 Å². The van der Waals surface area contributed by atoms with Gasteiger partial charge in [0.05, 0.1) is 30.1 Å². The second-order valence-corrected chi connectivity index (χ2v) is 4.06. The predicted molar refractivity (Wildman–Crippen MR) is 69.3 cm³/mol. The van der Waals surface area contributed by atoms with Crippen LogP contribution in [-0.4, -0.2) is 29.2 Å². The van der Waals surface area contributed by atoms with Crippen molar-refractivity contribution in [2.24, 2.45) is 0 Å². The average molecular weight is 280 g/mol. The number of hydrogen-bond donors (Lipinski definition) is 2. The van der Waals surface area contributed by atoms with E-state index in [0.29, 0.717) is 16.3 Å². The van der Waals surface area contributed by atoms with Crippen LogP contribution in [0.15, 0.2) is 30.6 Å². The Bertz CT molecular complexity index is 611. The number of carbonyl (C=O) groups is 2. The summed E-state index contributed by atoms with van der Waals surface area (Å²) < 4.78 is 4.64. The smallest absolute Gasteiger partial charge is 0.340 e. The number of nitrogens with one attached hydrogen (secondary N) is 2. The monoisotopic (exact) mass is 279 g/mol. The molecule has 1 heterocycles. The molecule has 98 valence electrons. The van der Waals surface area contributed by atoms with Gasteiger partial charge in [0.25, 0.3) is 5.91 Å². The highest BCUT2D eigenvalue weighted by molar-refractivity contribution is 6.31. The molecule has 0 aliphatic rings. The van der Waals surface area contributed by atoms with Gasteiger partial charge in [-0.15, -0.1) is 0 Å². The highest BCUT2D eigenvalue weighted by Gasteiger charge is 2.15. The van der Waals surface area contributed by atoms with Crippen molar-refractivity contribution in [2.45, 2.75) is 0 Å². The summed E-state index contributed by atoms with van der Waals surface area (Å²) >= 11 is 5.82. The quantitative estimate of drug-likeness (QED) is 0.843. The van der Waals surface area contributed by atoms with Crippen LogP contribution in [0, 0.1) is 0 Å². The first-order valence-corrected chi connectivity index (χ1v) is 5.67. The number of benzene rings is 1. The topological polar surface area (TPSA) is 84.1 Å². The molecule has 1 aromatic heterocycles. The van der Waals surface area contributed by atoms with Crippen molar-refractivity contribution in [3.8, 4) is 0 Å². The first-order valence-electron chi connectivity index (χ1n) is 5.30. The van der Waals surface area contributed by atoms with E-state index >= 15 is 0 Å². The van der Waals surface area contributed by atoms with Crippen molar-refractivity contribution in [1.82, 2.24) is 10.2 Å². The third kappa shape index (κ3) is 2.92. The molecule has 0 fully saturated rings. The Labute approximate surface area is 113 Å². The lowest BCUT2D eigenvalue weighted by Gasteiger charge is -2.09. The molecule has 0 radical (unpaired) electrons. The Morgan fingerprint density at radius 3 is 2.84 bits per heavy atom. The molecule has 2 N–H and O–H groups in total. The lowest BCUT2D eigenvalue weighted by molar-refractivity contribution is 0.0602. The van der Waals surface area contributed by atoms with Crippen LogP contribution in [0.1, 0.15) is 20.7 Å². The van der Waals surface area contributed by atoms with Crippen LogP contribution in [0.3, 0.4) is 0 Å². The van der Waals surface area contributed by atoms with Gasteiger partial charge in [-0.25, -0.2) is 4.79 Å². The van der Waals surface area contributed by atoms with E-state index in [1.807, 2.05) is 0 Å². The Balaban J connectivity index is 2.29. The van der Waals surface area contributed by atoms with E-state index in [9.17, 15) is 9.59 Å². The van der Waals surface area contributed by atoms with Crippen LogP contribution in [-0.2, 0) is 4.74 Å². The van der Waals surface area contributed by atoms with Crippen LogP contribution < -0.4 is 5.32 Å². The summed E-state index contributed by atoms with van der Waals surface area (Å²) in [7, 11) is 1.25. The van der Waals surface area contributed by atoms with Gasteiger partial charge in [-0.2, -0.15) is 5.10 Å². The van der Waals surface area contributed by atoms with Gasteiger partial charge in [0.15, 0.2) is 0 Å². The number of nitrogens with zero attached hydrogens (tertiary/aromatic N) is 1. The minimum absolute atomic E-state index is 0.187. The number of aromatic amines is 1. The van der Waals surface area contributed by atoms with E-state index in [-0.39, 0.29) is 11.5 Å². The molecule has 0 aliphatic carbocycles. The number of halogens is 1. The van der Waals surface area contributed by atoms with Gasteiger partial charge in [0.1, 0.15) is 0 Å². The van der Waals surface area contributed by atoms with Crippen LogP contribution in [0.5, 0.6) is 0 Å². The van der Waals surface area contributed by atoms with Crippen LogP contribution in [0.4, 0.5) is 5.69 Å². The zero-order valence-corrected chi connectivity index (χ0v) is 10.7. The summed E-state index contributed by atoms with van der Waals surface area (Å²) in [4.78, 5) is 23.5. The second kappa shape index (κ2) is 5.53. The molecule has 2 rings (SSSR count). The maximum absolute atomic E-state index is 11.9. The lowest BCUT2D eigenvalue weighted by atomic mass is 10.1. The van der Waals surface area contributed by atoms with Crippen molar-refractivity contribution in [2.75, 3.05) is 12.4 Å². The molecule has 2 aromatic rings. The number of carbonyl (C=O) groups excluding carboxylic acids is 2. The van der Waals surface area contributed by atoms with E-state index < -0.39 is 5.97 Å². The Kier molecular flexibility index (Phi) is 3.82. The summed E-state index contributed by atoms with van der Waals surface area (Å²) in [5.74, 6) is -0.966. The third-order valence-electron chi connectivity index (χ3n) is 2.40. The maximum atomic E-state index is 11.9. The fourth-order valence-corrected chi connectivity index (χ4v) is 1.65. The minimum Gasteiger partial charge on any atom is -0.465 e. The largest absolute Gasteiger partial charge is 0.465 e. The number of anilines is 1. The van der Waals surface area contributed by atoms with Crippen molar-refractivity contribution < 1.29 is 14.3 Å². The molecule has 0 atom stereocenters. The van der Waals surface area contributed by atoms with Crippen molar-refractivity contribution in [3.05, 3.63) is 46.7 Å². The normalized spacial score (nSPS) is 10.0. The third-order valence-corrected chi connectivity index (χ3v) is 2.63. The summed E-state index contributed by atoms with van der Waals surface area (Å²) in [5.41, 5.74) is 0.861. The number of methoxy groups -OCH3 is 1. The van der Waals surface area contributed by atoms with Gasteiger partial charge in [-0.1, -0.05) is 11.6 Å². The fraction of sp³-hybridized carbons (Fsp3) is 0.0833. The average Bonchev–Trinajstić information content (AvgIpc) is 2.94. The van der Waals surface area contributed by atoms with E-state index in [1.54, 1.807) is 6.07 Å². The number of H-pyrrole nitrogens is 1. The number of hydrogen-bond acceptors (Lipinski definition) is 4. The maximum Gasteiger partial charge on any atom is 0.340 e. The molecule has 19 heavy (non-hydrogen) atoms. The zero-order chi connectivity index (χ0) is 13.8. The molecular weight excluding hydrogens is 270 g/mol. The zero-order valence-electron chi connectivity index (χ0n) is 9.94. The Morgan fingerprint density at radius 2 is 2.21 bits per heavy atom. The molecule has 0 bridgehead atoms. The summed E-state index contributed by atoms with van der Waals surface area (Å²) in [6, 6.07) is 4.53. The number of ether oxygens (including phenoxy) is 1. The van der Waals surface area contributed by atoms with Gasteiger partial charge >= 0.3 is 5.97 Å². The summed E-state index contributed by atoms with van der Waals surface area (Å²) in [6.45, 7) is 0. The summed E-state index contributed by atoms with van der Waals surface area (Å²) in [6.07, 6.45) is 2.83. The van der Waals surface area contributed by atoms with E-state index in [0.717, 1.165) is 0 Å². The molecule has 6 nitrogen and oxygen atoms in total. The van der Waals surface area contributed by atoms with E-state index in [1.165, 1.54) is 31.6 Å². The van der Waals surface area contributed by atoms with Gasteiger partial charge in [0.2, 0.25) is 0 Å². The molecule has 7 heteroatoms. The molecule has 1 amide bonds. The van der Waals surface area contributed by atoms with Crippen molar-refractivity contribution in [1.29, 1.82) is 0 Å². The Hall–Kier alpha value is -2.34. The minimum atomic E-state index is -0.579. The lowest BCUT2D eigenvalue weighted by Crippen LogP contribution is -2.14. The fourth-order valence-electron chi connectivity index (χ4n) is 1.47. The van der Waals surface area contributed by atoms with E-state index in [2.05, 4.69) is 20.3 Å². The standard InChI is InChI=1S/C12H10ClN3O3/c1-19-12(18)9-4-8(13)2-3-10(9)16-11(17)7-5-14-15-6-7/h2-6H,1H3,(H,14,15)(H,16,17). The Morgan fingerprint density at radius 1 is 1.42 bits per heavy atom. The molecule has 0 aliphatic heterocycles. The molecule has 0 spiro atoms. The van der Waals surface area contributed by atoms with Crippen LogP contribution in [0.2, 0.25) is 5.02 Å². The number of amides is 1. The molecule has 0 saturated carbocycles. The van der Waals surface area contributed by atoms with Crippen molar-refractivity contribution >= 4 is 29.2 Å². The summed E-state index contributed by atoms with van der Waals surface area (Å²) in [5, 5.41) is 9.18. The second-order valence-electron chi connectivity index (χ2n) is 3.62. The number of esters is 1. The molecule has 0 unspecified atom stereocenters. The van der Waals surface area contributed by atoms with Crippen molar-refractivity contribution in [3.63, 3.8) is 0 Å². The first kappa shape index (κ1) is 13.1. The van der Waals surface area contributed by atoms with E-state index in [4.69, 9.17) is 11.6 Å². The van der Waals surface area contributed by atoms with Crippen LogP contribution >= 0.6 is 11.6 Å². The first-order chi connectivity index (χ1) is 9.11.